The highest BCUT2D eigenvalue weighted by Gasteiger charge is 2.22. The van der Waals surface area contributed by atoms with E-state index < -0.39 is 0 Å². The molecular formula is C16H19N. The molecule has 0 spiro atoms. The van der Waals surface area contributed by atoms with Crippen molar-refractivity contribution in [3.05, 3.63) is 65.9 Å². The van der Waals surface area contributed by atoms with E-state index >= 15 is 0 Å². The lowest BCUT2D eigenvalue weighted by Gasteiger charge is -2.26. The lowest BCUT2D eigenvalue weighted by molar-refractivity contribution is -0.419. The number of hydrogen-bond donors (Lipinski definition) is 0. The third kappa shape index (κ3) is 2.50. The van der Waals surface area contributed by atoms with Crippen LogP contribution in [0.4, 0.5) is 0 Å². The van der Waals surface area contributed by atoms with Gasteiger partial charge in [0.05, 0.1) is 6.72 Å². The summed E-state index contributed by atoms with van der Waals surface area (Å²) >= 11 is 0. The standard InChI is InChI=1S/C16H19N/c1-16(2,3)14-10-11-15(17(4)12-14)13-8-6-5-7-9-13/h5-12H,4H2,1-3H3. The predicted molar refractivity (Wildman–Crippen MR) is 72.8 cm³/mol. The summed E-state index contributed by atoms with van der Waals surface area (Å²) in [6.07, 6.45) is 6.44. The molecule has 0 bridgehead atoms. The minimum Gasteiger partial charge on any atom is -0.255 e. The Morgan fingerprint density at radius 2 is 1.76 bits per heavy atom. The highest BCUT2D eigenvalue weighted by atomic mass is 15.0. The van der Waals surface area contributed by atoms with Gasteiger partial charge in [0.15, 0.2) is 0 Å². The van der Waals surface area contributed by atoms with Gasteiger partial charge in [-0.3, -0.25) is 4.58 Å². The zero-order valence-electron chi connectivity index (χ0n) is 10.8. The molecule has 0 saturated carbocycles. The second-order valence-electron chi connectivity index (χ2n) is 5.39. The first-order chi connectivity index (χ1) is 7.98. The van der Waals surface area contributed by atoms with Crippen molar-refractivity contribution in [3.63, 3.8) is 0 Å². The fourth-order valence-corrected chi connectivity index (χ4v) is 1.86. The van der Waals surface area contributed by atoms with Gasteiger partial charge < -0.3 is 0 Å². The fourth-order valence-electron chi connectivity index (χ4n) is 1.86. The van der Waals surface area contributed by atoms with Gasteiger partial charge in [-0.25, -0.2) is 0 Å². The molecule has 1 aromatic rings. The Morgan fingerprint density at radius 3 is 2.29 bits per heavy atom. The monoisotopic (exact) mass is 225 g/mol. The van der Waals surface area contributed by atoms with Crippen LogP contribution in [0.15, 0.2) is 54.3 Å². The van der Waals surface area contributed by atoms with E-state index in [-0.39, 0.29) is 5.41 Å². The normalized spacial score (nSPS) is 16.1. The Hall–Kier alpha value is -1.76. The van der Waals surface area contributed by atoms with Crippen molar-refractivity contribution in [3.8, 4) is 0 Å². The molecule has 88 valence electrons. The van der Waals surface area contributed by atoms with E-state index in [0.29, 0.717) is 0 Å². The molecule has 0 fully saturated rings. The highest BCUT2D eigenvalue weighted by Crippen LogP contribution is 2.31. The molecule has 1 aliphatic heterocycles. The van der Waals surface area contributed by atoms with E-state index in [0.717, 1.165) is 6.04 Å². The van der Waals surface area contributed by atoms with E-state index in [1.165, 1.54) is 11.1 Å². The van der Waals surface area contributed by atoms with Crippen LogP contribution in [0.3, 0.4) is 0 Å². The van der Waals surface area contributed by atoms with Crippen molar-refractivity contribution in [1.82, 2.24) is 0 Å². The number of hydrogen-bond acceptors (Lipinski definition) is 0. The molecule has 0 N–H and O–H groups in total. The van der Waals surface area contributed by atoms with Gasteiger partial charge in [-0.05, 0) is 22.6 Å². The number of benzene rings is 1. The summed E-state index contributed by atoms with van der Waals surface area (Å²) in [7, 11) is 0. The molecule has 0 atom stereocenters. The van der Waals surface area contributed by atoms with Crippen molar-refractivity contribution < 1.29 is 4.58 Å². The van der Waals surface area contributed by atoms with Crippen LogP contribution in [0.2, 0.25) is 0 Å². The highest BCUT2D eigenvalue weighted by molar-refractivity contribution is 5.41. The molecule has 1 nitrogen and oxygen atoms in total. The summed E-state index contributed by atoms with van der Waals surface area (Å²) < 4.78 is 1.95. The lowest BCUT2D eigenvalue weighted by atomic mass is 9.85. The average Bonchev–Trinajstić information content (AvgIpc) is 2.29. The number of allylic oxidation sites excluding steroid dienone is 2. The summed E-state index contributed by atoms with van der Waals surface area (Å²) in [6.45, 7) is 10.7. The van der Waals surface area contributed by atoms with E-state index in [9.17, 15) is 0 Å². The van der Waals surface area contributed by atoms with E-state index in [4.69, 9.17) is 0 Å². The number of nitrogens with zero attached hydrogens (tertiary/aromatic N) is 1. The summed E-state index contributed by atoms with van der Waals surface area (Å²) in [4.78, 5) is 0. The second-order valence-corrected chi connectivity index (χ2v) is 5.39. The van der Waals surface area contributed by atoms with Crippen LogP contribution < -0.4 is 0 Å². The molecule has 0 saturated heterocycles. The topological polar surface area (TPSA) is 3.01 Å². The smallest absolute Gasteiger partial charge is 0.146 e. The third-order valence-corrected chi connectivity index (χ3v) is 2.96. The van der Waals surface area contributed by atoms with Crippen molar-refractivity contribution in [2.75, 3.05) is 0 Å². The average molecular weight is 225 g/mol. The Balaban J connectivity index is 2.27. The quantitative estimate of drug-likeness (QED) is 0.505. The van der Waals surface area contributed by atoms with Crippen LogP contribution in [0.25, 0.3) is 0 Å². The lowest BCUT2D eigenvalue weighted by Crippen LogP contribution is -2.19. The maximum absolute atomic E-state index is 4.09. The third-order valence-electron chi connectivity index (χ3n) is 2.96. The van der Waals surface area contributed by atoms with Crippen LogP contribution in [-0.4, -0.2) is 11.3 Å². The van der Waals surface area contributed by atoms with Crippen molar-refractivity contribution in [2.24, 2.45) is 5.41 Å². The molecule has 1 aliphatic rings. The maximum atomic E-state index is 4.09. The molecule has 0 unspecified atom stereocenters. The van der Waals surface area contributed by atoms with Crippen molar-refractivity contribution >= 4 is 6.72 Å². The van der Waals surface area contributed by atoms with Crippen molar-refractivity contribution in [2.45, 2.75) is 20.8 Å². The van der Waals surface area contributed by atoms with Crippen LogP contribution in [0, 0.1) is 11.5 Å². The first-order valence-corrected chi connectivity index (χ1v) is 5.91. The predicted octanol–water partition coefficient (Wildman–Crippen LogP) is 3.78. The van der Waals surface area contributed by atoms with E-state index in [2.05, 4.69) is 58.0 Å². The Labute approximate surface area is 104 Å². The van der Waals surface area contributed by atoms with Crippen LogP contribution in [-0.2, 0) is 0 Å². The van der Waals surface area contributed by atoms with Gasteiger partial charge in [-0.15, -0.1) is 12.1 Å². The molecule has 0 radical (unpaired) electrons. The summed E-state index contributed by atoms with van der Waals surface area (Å²) in [5.41, 5.74) is 2.66. The van der Waals surface area contributed by atoms with Crippen molar-refractivity contribution in [1.29, 1.82) is 0 Å². The van der Waals surface area contributed by atoms with Gasteiger partial charge in [0.25, 0.3) is 0 Å². The minimum atomic E-state index is 0.161. The minimum absolute atomic E-state index is 0.161. The summed E-state index contributed by atoms with van der Waals surface area (Å²) in [5.74, 6) is 0. The SMILES string of the molecule is C=[N+]1C=C(C(C)(C)C)C=C[C-]1c1ccccc1. The van der Waals surface area contributed by atoms with Gasteiger partial charge in [0.1, 0.15) is 12.2 Å². The Morgan fingerprint density at radius 1 is 1.12 bits per heavy atom. The van der Waals surface area contributed by atoms with Crippen LogP contribution in [0.5, 0.6) is 0 Å². The molecule has 2 rings (SSSR count). The zero-order valence-corrected chi connectivity index (χ0v) is 10.8. The maximum Gasteiger partial charge on any atom is 0.146 e. The molecule has 0 amide bonds. The van der Waals surface area contributed by atoms with Gasteiger partial charge in [-0.2, -0.15) is 0 Å². The molecule has 0 aliphatic carbocycles. The van der Waals surface area contributed by atoms with Gasteiger partial charge in [-0.1, -0.05) is 45.0 Å². The molecule has 1 aromatic carbocycles. The second kappa shape index (κ2) is 4.25. The summed E-state index contributed by atoms with van der Waals surface area (Å²) in [5, 5.41) is 0. The Kier molecular flexibility index (Phi) is 2.93. The molecule has 0 aromatic heterocycles. The first kappa shape index (κ1) is 11.7. The summed E-state index contributed by atoms with van der Waals surface area (Å²) in [6, 6.07) is 11.5. The molecular weight excluding hydrogens is 206 g/mol. The first-order valence-electron chi connectivity index (χ1n) is 5.91. The molecule has 1 heteroatoms. The molecule has 1 heterocycles. The van der Waals surface area contributed by atoms with Gasteiger partial charge in [0, 0.05) is 0 Å². The zero-order chi connectivity index (χ0) is 12.5. The fraction of sp³-hybridized carbons (Fsp3) is 0.250. The van der Waals surface area contributed by atoms with Crippen LogP contribution >= 0.6 is 0 Å². The van der Waals surface area contributed by atoms with E-state index in [1.54, 1.807) is 0 Å². The Bertz CT molecular complexity index is 472. The van der Waals surface area contributed by atoms with Gasteiger partial charge in [0.2, 0.25) is 0 Å². The van der Waals surface area contributed by atoms with Gasteiger partial charge >= 0.3 is 0 Å². The van der Waals surface area contributed by atoms with E-state index in [1.807, 2.05) is 22.8 Å². The largest absolute Gasteiger partial charge is 0.255 e. The molecule has 17 heavy (non-hydrogen) atoms. The van der Waals surface area contributed by atoms with Crippen LogP contribution in [0.1, 0.15) is 26.3 Å². The number of rotatable bonds is 1.